The summed E-state index contributed by atoms with van der Waals surface area (Å²) in [6, 6.07) is 2.34. The molecule has 1 aromatic heterocycles. The van der Waals surface area contributed by atoms with Gasteiger partial charge in [-0.3, -0.25) is 0 Å². The molecule has 0 saturated carbocycles. The number of aromatic nitrogens is 1. The number of anilines is 1. The Morgan fingerprint density at radius 3 is 2.36 bits per heavy atom. The third-order valence-corrected chi connectivity index (χ3v) is 1.49. The van der Waals surface area contributed by atoms with Gasteiger partial charge in [-0.1, -0.05) is 0 Å². The van der Waals surface area contributed by atoms with Gasteiger partial charge in [0.05, 0.1) is 0 Å². The molecule has 0 atom stereocenters. The highest BCUT2D eigenvalue weighted by atomic mass is 16.6. The van der Waals surface area contributed by atoms with Crippen molar-refractivity contribution in [3.63, 3.8) is 0 Å². The lowest BCUT2D eigenvalue weighted by Gasteiger charge is -2.00. The molecule has 14 heavy (non-hydrogen) atoms. The summed E-state index contributed by atoms with van der Waals surface area (Å²) in [5.41, 5.74) is 0.139. The van der Waals surface area contributed by atoms with Crippen LogP contribution >= 0.6 is 0 Å². The second kappa shape index (κ2) is 3.64. The summed E-state index contributed by atoms with van der Waals surface area (Å²) >= 11 is 0. The maximum absolute atomic E-state index is 10.4. The van der Waals surface area contributed by atoms with Crippen molar-refractivity contribution in [3.8, 4) is 0 Å². The fraction of sp³-hybridized carbons (Fsp3) is 0.167. The molecule has 0 aliphatic rings. The van der Waals surface area contributed by atoms with E-state index in [0.717, 1.165) is 6.07 Å². The molecule has 1 aromatic rings. The van der Waals surface area contributed by atoms with Crippen molar-refractivity contribution in [2.24, 2.45) is 0 Å². The molecule has 0 aromatic carbocycles. The molecule has 1 heterocycles. The first-order valence-corrected chi connectivity index (χ1v) is 3.54. The van der Waals surface area contributed by atoms with E-state index in [2.05, 4.69) is 10.3 Å². The van der Waals surface area contributed by atoms with Crippen molar-refractivity contribution in [1.82, 2.24) is 4.98 Å². The Kier molecular flexibility index (Phi) is 2.56. The van der Waals surface area contributed by atoms with Crippen molar-refractivity contribution >= 4 is 17.3 Å². The fourth-order valence-corrected chi connectivity index (χ4v) is 0.874. The molecule has 0 aliphatic carbocycles. The van der Waals surface area contributed by atoms with Crippen molar-refractivity contribution in [1.29, 1.82) is 0 Å². The number of nitro groups is 2. The summed E-state index contributed by atoms with van der Waals surface area (Å²) < 4.78 is 0. The molecule has 1 N–H and O–H groups in total. The first kappa shape index (κ1) is 9.84. The lowest BCUT2D eigenvalue weighted by molar-refractivity contribution is -0.402. The smallest absolute Gasteiger partial charge is 0.381 e. The van der Waals surface area contributed by atoms with Gasteiger partial charge in [-0.2, -0.15) is 0 Å². The maximum atomic E-state index is 10.4. The van der Waals surface area contributed by atoms with E-state index in [9.17, 15) is 20.2 Å². The van der Waals surface area contributed by atoms with Crippen LogP contribution in [0.15, 0.2) is 12.1 Å². The van der Waals surface area contributed by atoms with Gasteiger partial charge in [-0.25, -0.2) is 0 Å². The van der Waals surface area contributed by atoms with E-state index >= 15 is 0 Å². The van der Waals surface area contributed by atoms with Gasteiger partial charge < -0.3 is 25.5 Å². The molecule has 8 nitrogen and oxygen atoms in total. The zero-order valence-corrected chi connectivity index (χ0v) is 7.13. The van der Waals surface area contributed by atoms with Gasteiger partial charge >= 0.3 is 11.6 Å². The SMILES string of the molecule is CNc1ccc([N+](=O)[O-])nc1[N+](=O)[O-]. The lowest BCUT2D eigenvalue weighted by Crippen LogP contribution is -2.01. The van der Waals surface area contributed by atoms with Crippen LogP contribution in [0.4, 0.5) is 17.3 Å². The van der Waals surface area contributed by atoms with Crippen LogP contribution in [0.1, 0.15) is 0 Å². The zero-order chi connectivity index (χ0) is 10.7. The average molecular weight is 198 g/mol. The highest BCUT2D eigenvalue weighted by molar-refractivity contribution is 5.58. The van der Waals surface area contributed by atoms with Crippen LogP contribution in [0, 0.1) is 20.2 Å². The number of hydrogen-bond donors (Lipinski definition) is 1. The molecule has 74 valence electrons. The highest BCUT2D eigenvalue weighted by Crippen LogP contribution is 2.23. The Balaban J connectivity index is 3.27. The number of nitrogens with zero attached hydrogens (tertiary/aromatic N) is 3. The van der Waals surface area contributed by atoms with Crippen molar-refractivity contribution < 1.29 is 9.85 Å². The van der Waals surface area contributed by atoms with Crippen molar-refractivity contribution in [2.45, 2.75) is 0 Å². The normalized spacial score (nSPS) is 9.50. The average Bonchev–Trinajstić information content (AvgIpc) is 2.16. The predicted molar refractivity (Wildman–Crippen MR) is 47.1 cm³/mol. The number of pyridine rings is 1. The topological polar surface area (TPSA) is 111 Å². The largest absolute Gasteiger partial charge is 0.391 e. The quantitative estimate of drug-likeness (QED) is 0.571. The van der Waals surface area contributed by atoms with Gasteiger partial charge in [-0.05, 0) is 15.9 Å². The van der Waals surface area contributed by atoms with E-state index in [-0.39, 0.29) is 5.69 Å². The second-order valence-corrected chi connectivity index (χ2v) is 2.30. The molecular formula is C6H6N4O4. The summed E-state index contributed by atoms with van der Waals surface area (Å²) in [4.78, 5) is 22.4. The minimum atomic E-state index is -0.785. The first-order chi connectivity index (χ1) is 6.56. The molecular weight excluding hydrogens is 192 g/mol. The van der Waals surface area contributed by atoms with Gasteiger partial charge in [0.15, 0.2) is 0 Å². The van der Waals surface area contributed by atoms with Gasteiger partial charge in [0.1, 0.15) is 5.69 Å². The zero-order valence-electron chi connectivity index (χ0n) is 7.13. The Morgan fingerprint density at radius 1 is 1.29 bits per heavy atom. The molecule has 0 aliphatic heterocycles. The molecule has 1 rings (SSSR count). The van der Waals surface area contributed by atoms with Crippen LogP contribution in [0.5, 0.6) is 0 Å². The first-order valence-electron chi connectivity index (χ1n) is 3.54. The Bertz CT molecular complexity index is 391. The Morgan fingerprint density at radius 2 is 1.93 bits per heavy atom. The Hall–Kier alpha value is -2.25. The summed E-state index contributed by atoms with van der Waals surface area (Å²) in [5.74, 6) is -1.10. The molecule has 8 heteroatoms. The van der Waals surface area contributed by atoms with E-state index in [1.807, 2.05) is 0 Å². The molecule has 0 saturated heterocycles. The summed E-state index contributed by atoms with van der Waals surface area (Å²) in [5, 5.41) is 23.2. The number of hydrogen-bond acceptors (Lipinski definition) is 6. The summed E-state index contributed by atoms with van der Waals surface area (Å²) in [6.07, 6.45) is 0. The third-order valence-electron chi connectivity index (χ3n) is 1.49. The van der Waals surface area contributed by atoms with Gasteiger partial charge in [-0.15, -0.1) is 0 Å². The van der Waals surface area contributed by atoms with E-state index < -0.39 is 21.5 Å². The fourth-order valence-electron chi connectivity index (χ4n) is 0.874. The molecule has 0 fully saturated rings. The number of nitrogens with one attached hydrogen (secondary N) is 1. The molecule has 0 amide bonds. The minimum Gasteiger partial charge on any atom is -0.381 e. The van der Waals surface area contributed by atoms with E-state index in [4.69, 9.17) is 0 Å². The Labute approximate surface area is 77.9 Å². The molecule has 0 unspecified atom stereocenters. The number of rotatable bonds is 3. The van der Waals surface area contributed by atoms with Gasteiger partial charge in [0.2, 0.25) is 0 Å². The lowest BCUT2D eigenvalue weighted by atomic mass is 10.4. The molecule has 0 spiro atoms. The van der Waals surface area contributed by atoms with E-state index in [0.29, 0.717) is 0 Å². The second-order valence-electron chi connectivity index (χ2n) is 2.30. The van der Waals surface area contributed by atoms with Gasteiger partial charge in [0, 0.05) is 18.1 Å². The summed E-state index contributed by atoms with van der Waals surface area (Å²) in [7, 11) is 1.47. The van der Waals surface area contributed by atoms with Crippen LogP contribution < -0.4 is 5.32 Å². The van der Waals surface area contributed by atoms with Gasteiger partial charge in [0.25, 0.3) is 0 Å². The summed E-state index contributed by atoms with van der Waals surface area (Å²) in [6.45, 7) is 0. The third kappa shape index (κ3) is 1.73. The van der Waals surface area contributed by atoms with Crippen LogP contribution in [0.25, 0.3) is 0 Å². The van der Waals surface area contributed by atoms with Crippen LogP contribution in [0.3, 0.4) is 0 Å². The monoisotopic (exact) mass is 198 g/mol. The minimum absolute atomic E-state index is 0.139. The van der Waals surface area contributed by atoms with E-state index in [1.165, 1.54) is 13.1 Å². The standard InChI is InChI=1S/C6H6N4O4/c1-7-4-2-3-5(9(11)12)8-6(4)10(13)14/h2-3,7H,1H3. The van der Waals surface area contributed by atoms with Crippen LogP contribution in [-0.2, 0) is 0 Å². The molecule has 0 radical (unpaired) electrons. The highest BCUT2D eigenvalue weighted by Gasteiger charge is 2.19. The van der Waals surface area contributed by atoms with Crippen molar-refractivity contribution in [3.05, 3.63) is 32.4 Å². The predicted octanol–water partition coefficient (Wildman–Crippen LogP) is 0.940. The molecule has 0 bridgehead atoms. The van der Waals surface area contributed by atoms with Crippen molar-refractivity contribution in [2.75, 3.05) is 12.4 Å². The van der Waals surface area contributed by atoms with Crippen LogP contribution in [0.2, 0.25) is 0 Å². The van der Waals surface area contributed by atoms with Crippen LogP contribution in [-0.4, -0.2) is 21.9 Å². The maximum Gasteiger partial charge on any atom is 0.391 e. The van der Waals surface area contributed by atoms with E-state index in [1.54, 1.807) is 0 Å².